The Hall–Kier alpha value is -0.0700. The zero-order valence-corrected chi connectivity index (χ0v) is 12.1. The maximum Gasteiger partial charge on any atom is 0.123 e. The first-order valence-electron chi connectivity index (χ1n) is 4.28. The average molecular weight is 397 g/mol. The van der Waals surface area contributed by atoms with Crippen molar-refractivity contribution in [2.24, 2.45) is 0 Å². The molecular formula is C10H7BrClIN2. The Morgan fingerprint density at radius 3 is 2.87 bits per heavy atom. The van der Waals surface area contributed by atoms with E-state index in [0.29, 0.717) is 0 Å². The second kappa shape index (κ2) is 4.84. The number of aromatic nitrogens is 2. The number of halogens is 3. The standard InChI is InChI=1S/C10H7BrClIN2/c11-9-2-1-8(12)5-7(9)6-15-4-3-10(13)14-15/h1-5H,6H2. The van der Waals surface area contributed by atoms with Crippen LogP contribution in [-0.2, 0) is 6.54 Å². The molecule has 0 radical (unpaired) electrons. The molecule has 0 aliphatic heterocycles. The first kappa shape index (κ1) is 11.4. The Morgan fingerprint density at radius 2 is 2.20 bits per heavy atom. The number of hydrogen-bond acceptors (Lipinski definition) is 1. The van der Waals surface area contributed by atoms with Gasteiger partial charge >= 0.3 is 0 Å². The van der Waals surface area contributed by atoms with E-state index in [1.54, 1.807) is 0 Å². The van der Waals surface area contributed by atoms with Crippen molar-refractivity contribution in [2.75, 3.05) is 0 Å². The minimum absolute atomic E-state index is 0.726. The molecule has 0 saturated heterocycles. The van der Waals surface area contributed by atoms with Crippen LogP contribution in [0.25, 0.3) is 0 Å². The van der Waals surface area contributed by atoms with Gasteiger partial charge in [0, 0.05) is 15.7 Å². The lowest BCUT2D eigenvalue weighted by atomic mass is 10.2. The van der Waals surface area contributed by atoms with Crippen LogP contribution in [0.4, 0.5) is 0 Å². The second-order valence-electron chi connectivity index (χ2n) is 3.07. The average Bonchev–Trinajstić information content (AvgIpc) is 2.58. The molecule has 0 fully saturated rings. The highest BCUT2D eigenvalue weighted by molar-refractivity contribution is 14.1. The van der Waals surface area contributed by atoms with Crippen LogP contribution in [0, 0.1) is 3.70 Å². The third kappa shape index (κ3) is 2.95. The molecule has 0 aliphatic carbocycles. The predicted molar refractivity (Wildman–Crippen MR) is 73.2 cm³/mol. The largest absolute Gasteiger partial charge is 0.267 e. The zero-order chi connectivity index (χ0) is 10.8. The summed E-state index contributed by atoms with van der Waals surface area (Å²) >= 11 is 11.6. The van der Waals surface area contributed by atoms with Gasteiger partial charge in [0.1, 0.15) is 3.70 Å². The zero-order valence-electron chi connectivity index (χ0n) is 7.62. The minimum atomic E-state index is 0.726. The summed E-state index contributed by atoms with van der Waals surface area (Å²) < 4.78 is 3.93. The Kier molecular flexibility index (Phi) is 3.69. The molecule has 1 aromatic carbocycles. The van der Waals surface area contributed by atoms with E-state index in [1.807, 2.05) is 35.1 Å². The van der Waals surface area contributed by atoms with Gasteiger partial charge in [-0.1, -0.05) is 27.5 Å². The number of benzene rings is 1. The number of rotatable bonds is 2. The van der Waals surface area contributed by atoms with Gasteiger partial charge in [0.25, 0.3) is 0 Å². The molecule has 5 heteroatoms. The van der Waals surface area contributed by atoms with Crippen LogP contribution in [0.2, 0.25) is 5.02 Å². The van der Waals surface area contributed by atoms with Crippen molar-refractivity contribution in [1.29, 1.82) is 0 Å². The lowest BCUT2D eigenvalue weighted by Crippen LogP contribution is -2.01. The van der Waals surface area contributed by atoms with Gasteiger partial charge in [0.05, 0.1) is 6.54 Å². The fourth-order valence-corrected chi connectivity index (χ4v) is 2.27. The molecule has 0 atom stereocenters. The second-order valence-corrected chi connectivity index (χ2v) is 5.47. The van der Waals surface area contributed by atoms with Gasteiger partial charge in [-0.15, -0.1) is 0 Å². The molecule has 15 heavy (non-hydrogen) atoms. The van der Waals surface area contributed by atoms with Crippen molar-refractivity contribution in [3.63, 3.8) is 0 Å². The monoisotopic (exact) mass is 396 g/mol. The van der Waals surface area contributed by atoms with E-state index in [4.69, 9.17) is 11.6 Å². The van der Waals surface area contributed by atoms with Gasteiger partial charge in [-0.3, -0.25) is 4.68 Å². The summed E-state index contributed by atoms with van der Waals surface area (Å²) in [5, 5.41) is 5.06. The third-order valence-electron chi connectivity index (χ3n) is 1.95. The number of nitrogens with zero attached hydrogens (tertiary/aromatic N) is 2. The van der Waals surface area contributed by atoms with Gasteiger partial charge in [0.15, 0.2) is 0 Å². The lowest BCUT2D eigenvalue weighted by Gasteiger charge is -2.05. The highest BCUT2D eigenvalue weighted by atomic mass is 127. The van der Waals surface area contributed by atoms with Gasteiger partial charge in [0.2, 0.25) is 0 Å². The summed E-state index contributed by atoms with van der Waals surface area (Å²) in [6.45, 7) is 0.726. The molecule has 0 saturated carbocycles. The van der Waals surface area contributed by atoms with Crippen LogP contribution in [0.5, 0.6) is 0 Å². The Bertz CT molecular complexity index is 484. The molecule has 78 valence electrons. The maximum absolute atomic E-state index is 5.94. The molecule has 0 unspecified atom stereocenters. The van der Waals surface area contributed by atoms with Crippen molar-refractivity contribution in [3.05, 3.63) is 49.2 Å². The van der Waals surface area contributed by atoms with E-state index in [-0.39, 0.29) is 0 Å². The molecule has 2 rings (SSSR count). The van der Waals surface area contributed by atoms with E-state index < -0.39 is 0 Å². The lowest BCUT2D eigenvalue weighted by molar-refractivity contribution is 0.679. The van der Waals surface area contributed by atoms with Crippen LogP contribution in [0.15, 0.2) is 34.9 Å². The fraction of sp³-hybridized carbons (Fsp3) is 0.100. The minimum Gasteiger partial charge on any atom is -0.267 e. The quantitative estimate of drug-likeness (QED) is 0.702. The highest BCUT2D eigenvalue weighted by Gasteiger charge is 2.03. The van der Waals surface area contributed by atoms with Crippen LogP contribution >= 0.6 is 50.1 Å². The summed E-state index contributed by atoms with van der Waals surface area (Å²) in [4.78, 5) is 0. The molecule has 0 spiro atoms. The van der Waals surface area contributed by atoms with E-state index in [9.17, 15) is 0 Å². The van der Waals surface area contributed by atoms with E-state index >= 15 is 0 Å². The van der Waals surface area contributed by atoms with Gasteiger partial charge in [-0.25, -0.2) is 0 Å². The molecule has 2 aromatic rings. The van der Waals surface area contributed by atoms with Gasteiger partial charge in [-0.2, -0.15) is 5.10 Å². The molecule has 1 aromatic heterocycles. The first-order chi connectivity index (χ1) is 7.15. The summed E-state index contributed by atoms with van der Waals surface area (Å²) in [5.74, 6) is 0. The third-order valence-corrected chi connectivity index (χ3v) is 3.53. The molecule has 0 N–H and O–H groups in total. The van der Waals surface area contributed by atoms with Crippen molar-refractivity contribution in [1.82, 2.24) is 9.78 Å². The Morgan fingerprint density at radius 1 is 1.40 bits per heavy atom. The van der Waals surface area contributed by atoms with Crippen LogP contribution < -0.4 is 0 Å². The van der Waals surface area contributed by atoms with Crippen LogP contribution in [0.1, 0.15) is 5.56 Å². The fourth-order valence-electron chi connectivity index (χ4n) is 1.26. The van der Waals surface area contributed by atoms with Gasteiger partial charge < -0.3 is 0 Å². The first-order valence-corrected chi connectivity index (χ1v) is 6.53. The smallest absolute Gasteiger partial charge is 0.123 e. The normalized spacial score (nSPS) is 10.6. The topological polar surface area (TPSA) is 17.8 Å². The molecule has 2 nitrogen and oxygen atoms in total. The molecule has 0 bridgehead atoms. The summed E-state index contributed by atoms with van der Waals surface area (Å²) in [7, 11) is 0. The molecule has 0 amide bonds. The Labute approximate surface area is 115 Å². The molecule has 0 aliphatic rings. The van der Waals surface area contributed by atoms with Crippen LogP contribution in [0.3, 0.4) is 0 Å². The van der Waals surface area contributed by atoms with Crippen molar-refractivity contribution < 1.29 is 0 Å². The van der Waals surface area contributed by atoms with Crippen molar-refractivity contribution in [2.45, 2.75) is 6.54 Å². The van der Waals surface area contributed by atoms with Crippen molar-refractivity contribution in [3.8, 4) is 0 Å². The van der Waals surface area contributed by atoms with Crippen LogP contribution in [-0.4, -0.2) is 9.78 Å². The van der Waals surface area contributed by atoms with E-state index in [2.05, 4.69) is 43.6 Å². The predicted octanol–water partition coefficient (Wildman–Crippen LogP) is 3.95. The summed E-state index contributed by atoms with van der Waals surface area (Å²) in [6.07, 6.45) is 1.95. The molecular weight excluding hydrogens is 390 g/mol. The van der Waals surface area contributed by atoms with Gasteiger partial charge in [-0.05, 0) is 52.4 Å². The summed E-state index contributed by atoms with van der Waals surface area (Å²) in [5.41, 5.74) is 1.13. The molecule has 1 heterocycles. The SMILES string of the molecule is Clc1ccc(Br)c(Cn2ccc(I)n2)c1. The summed E-state index contributed by atoms with van der Waals surface area (Å²) in [6, 6.07) is 7.73. The maximum atomic E-state index is 5.94. The van der Waals surface area contributed by atoms with E-state index in [1.165, 1.54) is 0 Å². The van der Waals surface area contributed by atoms with Crippen molar-refractivity contribution >= 4 is 50.1 Å². The Balaban J connectivity index is 2.27. The highest BCUT2D eigenvalue weighted by Crippen LogP contribution is 2.21. The van der Waals surface area contributed by atoms with E-state index in [0.717, 1.165) is 25.3 Å². The number of hydrogen-bond donors (Lipinski definition) is 0.